The number of aliphatic carboxylic acids is 1. The van der Waals surface area contributed by atoms with Crippen molar-refractivity contribution in [2.75, 3.05) is 13.1 Å². The number of hydrogen-bond donors (Lipinski definition) is 3. The number of aromatic nitrogens is 1. The van der Waals surface area contributed by atoms with Crippen molar-refractivity contribution in [3.8, 4) is 0 Å². The molecule has 144 valence electrons. The third-order valence-electron chi connectivity index (χ3n) is 5.89. The van der Waals surface area contributed by atoms with Gasteiger partial charge in [0.25, 0.3) is 0 Å². The van der Waals surface area contributed by atoms with Crippen LogP contribution in [-0.4, -0.2) is 52.0 Å². The Bertz CT molecular complexity index is 849. The number of fused-ring (bicyclic) bond motifs is 1. The van der Waals surface area contributed by atoms with Crippen molar-refractivity contribution in [1.82, 2.24) is 15.2 Å². The average molecular weight is 369 g/mol. The maximum atomic E-state index is 12.5. The molecule has 6 heteroatoms. The van der Waals surface area contributed by atoms with E-state index in [1.54, 1.807) is 0 Å². The number of carbonyl (C=O) groups excluding carboxylic acids is 1. The normalized spacial score (nSPS) is 22.0. The van der Waals surface area contributed by atoms with E-state index in [1.807, 2.05) is 31.2 Å². The zero-order valence-electron chi connectivity index (χ0n) is 15.7. The number of benzene rings is 1. The Morgan fingerprint density at radius 3 is 2.70 bits per heavy atom. The van der Waals surface area contributed by atoms with Gasteiger partial charge in [-0.3, -0.25) is 14.5 Å². The lowest BCUT2D eigenvalue weighted by atomic mass is 9.85. The zero-order chi connectivity index (χ0) is 19.0. The van der Waals surface area contributed by atoms with Crippen LogP contribution >= 0.6 is 0 Å². The van der Waals surface area contributed by atoms with Crippen LogP contribution in [0.25, 0.3) is 10.9 Å². The molecule has 0 saturated heterocycles. The molecule has 1 aromatic heterocycles. The van der Waals surface area contributed by atoms with E-state index in [2.05, 4.69) is 15.2 Å². The van der Waals surface area contributed by atoms with Gasteiger partial charge in [0.15, 0.2) is 0 Å². The Morgan fingerprint density at radius 1 is 1.26 bits per heavy atom. The molecule has 27 heavy (non-hydrogen) atoms. The molecule has 1 heterocycles. The molecule has 6 nitrogen and oxygen atoms in total. The number of rotatable bonds is 8. The Labute approximate surface area is 158 Å². The molecular weight excluding hydrogens is 342 g/mol. The van der Waals surface area contributed by atoms with Gasteiger partial charge in [0, 0.05) is 35.2 Å². The van der Waals surface area contributed by atoms with Crippen LogP contribution in [-0.2, 0) is 16.0 Å². The largest absolute Gasteiger partial charge is 0.480 e. The second-order valence-electron chi connectivity index (χ2n) is 8.11. The first-order chi connectivity index (χ1) is 13.0. The summed E-state index contributed by atoms with van der Waals surface area (Å²) in [5.74, 6) is -0.0564. The van der Waals surface area contributed by atoms with E-state index in [4.69, 9.17) is 5.11 Å². The topological polar surface area (TPSA) is 85.4 Å². The van der Waals surface area contributed by atoms with Crippen LogP contribution in [0.1, 0.15) is 36.9 Å². The van der Waals surface area contributed by atoms with Gasteiger partial charge in [0.05, 0.1) is 13.0 Å². The van der Waals surface area contributed by atoms with Gasteiger partial charge in [-0.1, -0.05) is 18.2 Å². The standard InChI is InChI=1S/C21H27N3O3/c1-13-18(17-4-2-3-5-19(17)22-13)10-20(25)23-15-8-16(9-15)24(12-21(26)27)11-14-6-7-14/h2-5,14-16,22H,6-12H2,1H3,(H,23,25)(H,26,27). The molecular formula is C21H27N3O3. The maximum absolute atomic E-state index is 12.5. The van der Waals surface area contributed by atoms with E-state index >= 15 is 0 Å². The molecule has 0 atom stereocenters. The van der Waals surface area contributed by atoms with E-state index in [1.165, 1.54) is 12.8 Å². The van der Waals surface area contributed by atoms with E-state index in [-0.39, 0.29) is 24.5 Å². The highest BCUT2D eigenvalue weighted by molar-refractivity contribution is 5.90. The van der Waals surface area contributed by atoms with Crippen LogP contribution < -0.4 is 5.32 Å². The molecule has 2 saturated carbocycles. The minimum Gasteiger partial charge on any atom is -0.480 e. The lowest BCUT2D eigenvalue weighted by molar-refractivity contribution is -0.140. The molecule has 0 aliphatic heterocycles. The number of hydrogen-bond acceptors (Lipinski definition) is 3. The van der Waals surface area contributed by atoms with Crippen molar-refractivity contribution < 1.29 is 14.7 Å². The summed E-state index contributed by atoms with van der Waals surface area (Å²) in [5.41, 5.74) is 3.15. The molecule has 1 amide bonds. The lowest BCUT2D eigenvalue weighted by Crippen LogP contribution is -2.55. The molecule has 2 aliphatic rings. The number of aryl methyl sites for hydroxylation is 1. The van der Waals surface area contributed by atoms with Crippen molar-refractivity contribution in [1.29, 1.82) is 0 Å². The van der Waals surface area contributed by atoms with Gasteiger partial charge >= 0.3 is 5.97 Å². The predicted molar refractivity (Wildman–Crippen MR) is 104 cm³/mol. The maximum Gasteiger partial charge on any atom is 0.317 e. The molecule has 2 aliphatic carbocycles. The number of amides is 1. The van der Waals surface area contributed by atoms with E-state index < -0.39 is 5.97 Å². The van der Waals surface area contributed by atoms with E-state index in [0.29, 0.717) is 12.3 Å². The van der Waals surface area contributed by atoms with Crippen molar-refractivity contribution in [3.05, 3.63) is 35.5 Å². The molecule has 2 fully saturated rings. The fraction of sp³-hybridized carbons (Fsp3) is 0.524. The fourth-order valence-electron chi connectivity index (χ4n) is 4.15. The zero-order valence-corrected chi connectivity index (χ0v) is 15.7. The summed E-state index contributed by atoms with van der Waals surface area (Å²) in [6.45, 7) is 2.99. The smallest absolute Gasteiger partial charge is 0.317 e. The first kappa shape index (κ1) is 18.0. The van der Waals surface area contributed by atoms with Crippen molar-refractivity contribution in [2.45, 2.75) is 51.1 Å². The second kappa shape index (κ2) is 7.35. The Hall–Kier alpha value is -2.34. The summed E-state index contributed by atoms with van der Waals surface area (Å²) < 4.78 is 0. The minimum atomic E-state index is -0.766. The van der Waals surface area contributed by atoms with Gasteiger partial charge in [-0.2, -0.15) is 0 Å². The van der Waals surface area contributed by atoms with Crippen molar-refractivity contribution in [3.63, 3.8) is 0 Å². The molecule has 0 bridgehead atoms. The van der Waals surface area contributed by atoms with Crippen LogP contribution in [0, 0.1) is 12.8 Å². The highest BCUT2D eigenvalue weighted by Crippen LogP contribution is 2.34. The molecule has 1 aromatic carbocycles. The highest BCUT2D eigenvalue weighted by Gasteiger charge is 2.37. The van der Waals surface area contributed by atoms with Gasteiger partial charge in [-0.05, 0) is 50.2 Å². The quantitative estimate of drug-likeness (QED) is 0.667. The number of carboxylic acid groups (broad SMARTS) is 1. The number of H-pyrrole nitrogens is 1. The number of carboxylic acids is 1. The monoisotopic (exact) mass is 369 g/mol. The van der Waals surface area contributed by atoms with Crippen molar-refractivity contribution >= 4 is 22.8 Å². The summed E-state index contributed by atoms with van der Waals surface area (Å²) in [6.07, 6.45) is 4.50. The van der Waals surface area contributed by atoms with Gasteiger partial charge in [0.2, 0.25) is 5.91 Å². The van der Waals surface area contributed by atoms with Crippen LogP contribution in [0.3, 0.4) is 0 Å². The van der Waals surface area contributed by atoms with Gasteiger partial charge in [-0.15, -0.1) is 0 Å². The lowest BCUT2D eigenvalue weighted by Gasteiger charge is -2.42. The number of nitrogens with zero attached hydrogens (tertiary/aromatic N) is 1. The van der Waals surface area contributed by atoms with Crippen LogP contribution in [0.5, 0.6) is 0 Å². The van der Waals surface area contributed by atoms with E-state index in [0.717, 1.165) is 41.5 Å². The summed E-state index contributed by atoms with van der Waals surface area (Å²) in [5, 5.41) is 13.4. The number of aromatic amines is 1. The minimum absolute atomic E-state index is 0.0401. The van der Waals surface area contributed by atoms with E-state index in [9.17, 15) is 9.59 Å². The van der Waals surface area contributed by atoms with Crippen LogP contribution in [0.15, 0.2) is 24.3 Å². The summed E-state index contributed by atoms with van der Waals surface area (Å²) in [4.78, 5) is 29.1. The summed E-state index contributed by atoms with van der Waals surface area (Å²) in [6, 6.07) is 8.48. The molecule has 4 rings (SSSR count). The second-order valence-corrected chi connectivity index (χ2v) is 8.11. The first-order valence-corrected chi connectivity index (χ1v) is 9.81. The molecule has 0 spiro atoms. The fourth-order valence-corrected chi connectivity index (χ4v) is 4.15. The Kier molecular flexibility index (Phi) is 4.91. The van der Waals surface area contributed by atoms with Crippen LogP contribution in [0.2, 0.25) is 0 Å². The third-order valence-corrected chi connectivity index (χ3v) is 5.89. The average Bonchev–Trinajstić information content (AvgIpc) is 3.34. The van der Waals surface area contributed by atoms with Crippen LogP contribution in [0.4, 0.5) is 0 Å². The van der Waals surface area contributed by atoms with Crippen molar-refractivity contribution in [2.24, 2.45) is 5.92 Å². The van der Waals surface area contributed by atoms with Gasteiger partial charge < -0.3 is 15.4 Å². The van der Waals surface area contributed by atoms with Gasteiger partial charge in [-0.25, -0.2) is 0 Å². The third kappa shape index (κ3) is 4.16. The SMILES string of the molecule is Cc1[nH]c2ccccc2c1CC(=O)NC1CC(N(CC(=O)O)CC2CC2)C1. The van der Waals surface area contributed by atoms with Gasteiger partial charge in [0.1, 0.15) is 0 Å². The predicted octanol–water partition coefficient (Wildman–Crippen LogP) is 2.46. The Balaban J connectivity index is 1.30. The number of nitrogens with one attached hydrogen (secondary N) is 2. The Morgan fingerprint density at radius 2 is 2.00 bits per heavy atom. The molecule has 0 unspecified atom stereocenters. The number of para-hydroxylation sites is 1. The number of carbonyl (C=O) groups is 2. The first-order valence-electron chi connectivity index (χ1n) is 9.81. The molecule has 2 aromatic rings. The molecule has 0 radical (unpaired) electrons. The molecule has 3 N–H and O–H groups in total. The highest BCUT2D eigenvalue weighted by atomic mass is 16.4. The summed E-state index contributed by atoms with van der Waals surface area (Å²) >= 11 is 0. The summed E-state index contributed by atoms with van der Waals surface area (Å²) in [7, 11) is 0.